The van der Waals surface area contributed by atoms with Gasteiger partial charge in [-0.2, -0.15) is 0 Å². The molecule has 0 unspecified atom stereocenters. The number of amides is 1. The van der Waals surface area contributed by atoms with Gasteiger partial charge < -0.3 is 4.90 Å². The lowest BCUT2D eigenvalue weighted by molar-refractivity contribution is -0.384. The van der Waals surface area contributed by atoms with Gasteiger partial charge in [0.15, 0.2) is 0 Å². The average Bonchev–Trinajstić information content (AvgIpc) is 2.73. The monoisotopic (exact) mass is 374 g/mol. The number of carbonyl (C=O) groups is 1. The second-order valence-electron chi connectivity index (χ2n) is 6.64. The molecule has 0 heterocycles. The van der Waals surface area contributed by atoms with Gasteiger partial charge in [0.2, 0.25) is 5.91 Å². The van der Waals surface area contributed by atoms with Crippen LogP contribution in [0.1, 0.15) is 16.7 Å². The van der Waals surface area contributed by atoms with Crippen molar-refractivity contribution in [1.29, 1.82) is 0 Å². The van der Waals surface area contributed by atoms with Crippen LogP contribution in [0.4, 0.5) is 5.69 Å². The van der Waals surface area contributed by atoms with Crippen molar-refractivity contribution in [2.75, 3.05) is 6.54 Å². The number of hydrogen-bond acceptors (Lipinski definition) is 3. The van der Waals surface area contributed by atoms with Crippen LogP contribution in [-0.4, -0.2) is 22.3 Å². The van der Waals surface area contributed by atoms with Gasteiger partial charge in [-0.1, -0.05) is 72.8 Å². The van der Waals surface area contributed by atoms with Gasteiger partial charge in [0, 0.05) is 25.2 Å². The minimum absolute atomic E-state index is 0.00800. The first-order valence-electron chi connectivity index (χ1n) is 9.21. The van der Waals surface area contributed by atoms with Crippen molar-refractivity contribution in [2.45, 2.75) is 19.4 Å². The molecule has 1 amide bonds. The lowest BCUT2D eigenvalue weighted by Gasteiger charge is -2.23. The highest BCUT2D eigenvalue weighted by Gasteiger charge is 2.15. The second-order valence-corrected chi connectivity index (χ2v) is 6.64. The highest BCUT2D eigenvalue weighted by Crippen LogP contribution is 2.14. The molecule has 0 radical (unpaired) electrons. The summed E-state index contributed by atoms with van der Waals surface area (Å²) >= 11 is 0. The summed E-state index contributed by atoms with van der Waals surface area (Å²) in [4.78, 5) is 25.2. The van der Waals surface area contributed by atoms with E-state index in [9.17, 15) is 14.9 Å². The third-order valence-corrected chi connectivity index (χ3v) is 4.58. The number of hydrogen-bond donors (Lipinski definition) is 0. The smallest absolute Gasteiger partial charge is 0.269 e. The van der Waals surface area contributed by atoms with Gasteiger partial charge >= 0.3 is 0 Å². The zero-order chi connectivity index (χ0) is 19.8. The molecule has 0 saturated heterocycles. The van der Waals surface area contributed by atoms with Gasteiger partial charge in [0.25, 0.3) is 5.69 Å². The van der Waals surface area contributed by atoms with Crippen LogP contribution in [0.25, 0.3) is 0 Å². The predicted octanol–water partition coefficient (Wildman–Crippen LogP) is 4.41. The van der Waals surface area contributed by atoms with E-state index in [2.05, 4.69) is 12.1 Å². The molecule has 0 fully saturated rings. The Bertz CT molecular complexity index is 910. The van der Waals surface area contributed by atoms with Gasteiger partial charge in [0.1, 0.15) is 0 Å². The maximum Gasteiger partial charge on any atom is 0.269 e. The van der Waals surface area contributed by atoms with Crippen LogP contribution in [0.5, 0.6) is 0 Å². The minimum atomic E-state index is -0.437. The molecule has 3 aromatic carbocycles. The van der Waals surface area contributed by atoms with Crippen LogP contribution in [0, 0.1) is 10.1 Å². The van der Waals surface area contributed by atoms with E-state index in [4.69, 9.17) is 0 Å². The molecular weight excluding hydrogens is 352 g/mol. The summed E-state index contributed by atoms with van der Waals surface area (Å²) in [6, 6.07) is 26.2. The lowest BCUT2D eigenvalue weighted by atomic mass is 10.1. The van der Waals surface area contributed by atoms with Gasteiger partial charge in [0.05, 0.1) is 11.3 Å². The Labute approximate surface area is 164 Å². The van der Waals surface area contributed by atoms with Crippen molar-refractivity contribution in [3.05, 3.63) is 112 Å². The number of nitro groups is 1. The molecule has 28 heavy (non-hydrogen) atoms. The Balaban J connectivity index is 1.70. The molecule has 0 aromatic heterocycles. The quantitative estimate of drug-likeness (QED) is 0.433. The molecule has 0 bridgehead atoms. The molecule has 5 heteroatoms. The first kappa shape index (κ1) is 19.3. The summed E-state index contributed by atoms with van der Waals surface area (Å²) in [5.41, 5.74) is 3.06. The molecule has 0 N–H and O–H groups in total. The number of nitrogens with zero attached hydrogens (tertiary/aromatic N) is 2. The standard InChI is InChI=1S/C23H22N2O3/c26-23(17-20-11-13-22(14-12-20)25(27)28)24(18-21-9-5-2-6-10-21)16-15-19-7-3-1-4-8-19/h1-14H,15-18H2. The van der Waals surface area contributed by atoms with Gasteiger partial charge in [-0.3, -0.25) is 14.9 Å². The van der Waals surface area contributed by atoms with Crippen LogP contribution in [0.3, 0.4) is 0 Å². The van der Waals surface area contributed by atoms with Crippen molar-refractivity contribution in [2.24, 2.45) is 0 Å². The highest BCUT2D eigenvalue weighted by atomic mass is 16.6. The Morgan fingerprint density at radius 1 is 0.786 bits per heavy atom. The molecule has 0 atom stereocenters. The van der Waals surface area contributed by atoms with Crippen LogP contribution in [0.2, 0.25) is 0 Å². The van der Waals surface area contributed by atoms with Crippen molar-refractivity contribution in [3.63, 3.8) is 0 Å². The van der Waals surface area contributed by atoms with E-state index in [0.29, 0.717) is 13.1 Å². The summed E-state index contributed by atoms with van der Waals surface area (Å²) in [6.45, 7) is 1.16. The van der Waals surface area contributed by atoms with E-state index < -0.39 is 4.92 Å². The summed E-state index contributed by atoms with van der Waals surface area (Å²) in [5, 5.41) is 10.8. The van der Waals surface area contributed by atoms with Crippen LogP contribution in [0.15, 0.2) is 84.9 Å². The number of rotatable bonds is 8. The zero-order valence-corrected chi connectivity index (χ0v) is 15.5. The van der Waals surface area contributed by atoms with E-state index in [1.165, 1.54) is 17.7 Å². The molecule has 0 aliphatic heterocycles. The fraction of sp³-hybridized carbons (Fsp3) is 0.174. The summed E-state index contributed by atoms with van der Waals surface area (Å²) in [5.74, 6) is 0.00800. The summed E-state index contributed by atoms with van der Waals surface area (Å²) in [7, 11) is 0. The number of carbonyl (C=O) groups excluding carboxylic acids is 1. The Kier molecular flexibility index (Phi) is 6.52. The normalized spacial score (nSPS) is 10.4. The Morgan fingerprint density at radius 3 is 1.93 bits per heavy atom. The zero-order valence-electron chi connectivity index (χ0n) is 15.5. The lowest BCUT2D eigenvalue weighted by Crippen LogP contribution is -2.33. The van der Waals surface area contributed by atoms with Crippen LogP contribution >= 0.6 is 0 Å². The summed E-state index contributed by atoms with van der Waals surface area (Å²) < 4.78 is 0. The van der Waals surface area contributed by atoms with Crippen molar-refractivity contribution < 1.29 is 9.72 Å². The third kappa shape index (κ3) is 5.51. The van der Waals surface area contributed by atoms with Gasteiger partial charge in [-0.05, 0) is 23.1 Å². The second kappa shape index (κ2) is 9.46. The van der Waals surface area contributed by atoms with E-state index in [0.717, 1.165) is 17.5 Å². The average molecular weight is 374 g/mol. The van der Waals surface area contributed by atoms with Crippen LogP contribution < -0.4 is 0 Å². The molecule has 0 spiro atoms. The molecule has 3 aromatic rings. The first-order chi connectivity index (χ1) is 13.6. The number of benzene rings is 3. The largest absolute Gasteiger partial charge is 0.338 e. The maximum atomic E-state index is 12.9. The van der Waals surface area contributed by atoms with Crippen molar-refractivity contribution in [3.8, 4) is 0 Å². The minimum Gasteiger partial charge on any atom is -0.338 e. The molecule has 3 rings (SSSR count). The van der Waals surface area contributed by atoms with E-state index >= 15 is 0 Å². The third-order valence-electron chi connectivity index (χ3n) is 4.58. The Morgan fingerprint density at radius 2 is 1.36 bits per heavy atom. The molecular formula is C23H22N2O3. The summed E-state index contributed by atoms with van der Waals surface area (Å²) in [6.07, 6.45) is 0.999. The fourth-order valence-corrected chi connectivity index (χ4v) is 3.03. The van der Waals surface area contributed by atoms with Crippen LogP contribution in [-0.2, 0) is 24.2 Å². The number of nitro benzene ring substituents is 1. The maximum absolute atomic E-state index is 12.9. The van der Waals surface area contributed by atoms with E-state index in [1.807, 2.05) is 53.4 Å². The predicted molar refractivity (Wildman–Crippen MR) is 109 cm³/mol. The fourth-order valence-electron chi connectivity index (χ4n) is 3.03. The van der Waals surface area contributed by atoms with E-state index in [-0.39, 0.29) is 18.0 Å². The highest BCUT2D eigenvalue weighted by molar-refractivity contribution is 5.79. The molecule has 142 valence electrons. The van der Waals surface area contributed by atoms with Crippen molar-refractivity contribution in [1.82, 2.24) is 4.90 Å². The van der Waals surface area contributed by atoms with E-state index in [1.54, 1.807) is 12.1 Å². The topological polar surface area (TPSA) is 63.4 Å². The van der Waals surface area contributed by atoms with Crippen molar-refractivity contribution >= 4 is 11.6 Å². The SMILES string of the molecule is O=C(Cc1ccc([N+](=O)[O-])cc1)N(CCc1ccccc1)Cc1ccccc1. The Hall–Kier alpha value is -3.47. The van der Waals surface area contributed by atoms with Gasteiger partial charge in [-0.15, -0.1) is 0 Å². The number of non-ortho nitro benzene ring substituents is 1. The molecule has 0 aliphatic rings. The first-order valence-corrected chi connectivity index (χ1v) is 9.21. The van der Waals surface area contributed by atoms with Gasteiger partial charge in [-0.25, -0.2) is 0 Å². The molecule has 0 aliphatic carbocycles. The molecule has 5 nitrogen and oxygen atoms in total. The molecule has 0 saturated carbocycles.